The molecule has 3 heteroatoms. The van der Waals surface area contributed by atoms with Crippen LogP contribution in [-0.2, 0) is 4.74 Å². The zero-order valence-electron chi connectivity index (χ0n) is 9.87. The van der Waals surface area contributed by atoms with Crippen molar-refractivity contribution in [1.29, 1.82) is 0 Å². The maximum absolute atomic E-state index is 11.7. The Morgan fingerprint density at radius 2 is 2.06 bits per heavy atom. The van der Waals surface area contributed by atoms with E-state index in [0.717, 1.165) is 0 Å². The largest absolute Gasteiger partial charge is 0.370 e. The van der Waals surface area contributed by atoms with Gasteiger partial charge in [-0.25, -0.2) is 0 Å². The molecule has 16 heavy (non-hydrogen) atoms. The molecule has 0 heterocycles. The van der Waals surface area contributed by atoms with Gasteiger partial charge in [0.1, 0.15) is 6.61 Å². The summed E-state index contributed by atoms with van der Waals surface area (Å²) in [5.74, 6) is 0.377. The van der Waals surface area contributed by atoms with Crippen molar-refractivity contribution in [3.05, 3.63) is 34.9 Å². The number of hydrogen-bond donors (Lipinski definition) is 0. The van der Waals surface area contributed by atoms with E-state index in [4.69, 9.17) is 16.3 Å². The molecule has 2 nitrogen and oxygen atoms in total. The molecule has 0 aliphatic rings. The Kier molecular flexibility index (Phi) is 4.97. The van der Waals surface area contributed by atoms with Gasteiger partial charge in [-0.1, -0.05) is 37.6 Å². The third kappa shape index (κ3) is 3.95. The van der Waals surface area contributed by atoms with Crippen LogP contribution in [0.5, 0.6) is 0 Å². The van der Waals surface area contributed by atoms with Crippen molar-refractivity contribution in [2.45, 2.75) is 26.9 Å². The second-order valence-corrected chi connectivity index (χ2v) is 4.63. The monoisotopic (exact) mass is 240 g/mol. The maximum atomic E-state index is 11.7. The fraction of sp³-hybridized carbons (Fsp3) is 0.462. The highest BCUT2D eigenvalue weighted by atomic mass is 35.5. The Morgan fingerprint density at radius 1 is 1.38 bits per heavy atom. The van der Waals surface area contributed by atoms with Gasteiger partial charge in [0.25, 0.3) is 0 Å². The van der Waals surface area contributed by atoms with Crippen LogP contribution in [-0.4, -0.2) is 18.5 Å². The molecule has 1 aromatic rings. The minimum absolute atomic E-state index is 0.0324. The molecular weight excluding hydrogens is 224 g/mol. The van der Waals surface area contributed by atoms with E-state index in [2.05, 4.69) is 13.8 Å². The fourth-order valence-corrected chi connectivity index (χ4v) is 1.34. The first kappa shape index (κ1) is 13.2. The van der Waals surface area contributed by atoms with Crippen LogP contribution in [0.1, 0.15) is 31.1 Å². The number of carbonyl (C=O) groups excluding carboxylic acids is 1. The normalized spacial score (nSPS) is 12.8. The van der Waals surface area contributed by atoms with E-state index in [9.17, 15) is 4.79 Å². The van der Waals surface area contributed by atoms with Crippen LogP contribution in [0.3, 0.4) is 0 Å². The summed E-state index contributed by atoms with van der Waals surface area (Å²) in [6.45, 7) is 6.21. The van der Waals surface area contributed by atoms with Crippen molar-refractivity contribution in [3.8, 4) is 0 Å². The second-order valence-electron chi connectivity index (χ2n) is 4.19. The van der Waals surface area contributed by atoms with Gasteiger partial charge in [-0.2, -0.15) is 0 Å². The zero-order valence-corrected chi connectivity index (χ0v) is 10.6. The van der Waals surface area contributed by atoms with Gasteiger partial charge in [-0.3, -0.25) is 4.79 Å². The first-order chi connectivity index (χ1) is 7.50. The molecule has 0 aliphatic carbocycles. The average Bonchev–Trinajstić information content (AvgIpc) is 2.25. The highest BCUT2D eigenvalue weighted by Gasteiger charge is 2.11. The van der Waals surface area contributed by atoms with E-state index in [1.165, 1.54) is 0 Å². The van der Waals surface area contributed by atoms with Crippen LogP contribution in [0.25, 0.3) is 0 Å². The third-order valence-corrected chi connectivity index (χ3v) is 2.80. The molecule has 1 atom stereocenters. The Bertz CT molecular complexity index is 361. The number of rotatable bonds is 5. The summed E-state index contributed by atoms with van der Waals surface area (Å²) in [5.41, 5.74) is 0.600. The van der Waals surface area contributed by atoms with Crippen molar-refractivity contribution in [2.75, 3.05) is 6.61 Å². The first-order valence-electron chi connectivity index (χ1n) is 5.41. The lowest BCUT2D eigenvalue weighted by atomic mass is 10.1. The molecule has 0 spiro atoms. The summed E-state index contributed by atoms with van der Waals surface area (Å²) >= 11 is 5.81. The molecule has 0 aliphatic heterocycles. The molecule has 0 aromatic heterocycles. The number of hydrogen-bond acceptors (Lipinski definition) is 2. The van der Waals surface area contributed by atoms with Gasteiger partial charge in [0.05, 0.1) is 6.10 Å². The molecule has 88 valence electrons. The van der Waals surface area contributed by atoms with Gasteiger partial charge in [-0.05, 0) is 25.0 Å². The fourth-order valence-electron chi connectivity index (χ4n) is 1.14. The van der Waals surface area contributed by atoms with E-state index in [0.29, 0.717) is 16.5 Å². The molecule has 1 unspecified atom stereocenters. The van der Waals surface area contributed by atoms with Crippen molar-refractivity contribution in [1.82, 2.24) is 0 Å². The summed E-state index contributed by atoms with van der Waals surface area (Å²) < 4.78 is 5.47. The van der Waals surface area contributed by atoms with E-state index < -0.39 is 0 Å². The van der Waals surface area contributed by atoms with Crippen molar-refractivity contribution in [3.63, 3.8) is 0 Å². The van der Waals surface area contributed by atoms with Crippen LogP contribution >= 0.6 is 11.6 Å². The standard InChI is InChI=1S/C13H17ClO2/c1-9(2)10(3)16-8-13(15)11-5-4-6-12(14)7-11/h4-7,9-10H,8H2,1-3H3. The topological polar surface area (TPSA) is 26.3 Å². The summed E-state index contributed by atoms with van der Waals surface area (Å²) in [7, 11) is 0. The predicted molar refractivity (Wildman–Crippen MR) is 66.0 cm³/mol. The summed E-state index contributed by atoms with van der Waals surface area (Å²) in [4.78, 5) is 11.7. The average molecular weight is 241 g/mol. The van der Waals surface area contributed by atoms with Gasteiger partial charge >= 0.3 is 0 Å². The molecule has 0 N–H and O–H groups in total. The predicted octanol–water partition coefficient (Wildman–Crippen LogP) is 3.58. The Labute approximate surface area is 102 Å². The lowest BCUT2D eigenvalue weighted by molar-refractivity contribution is 0.0336. The van der Waals surface area contributed by atoms with Crippen LogP contribution < -0.4 is 0 Å². The molecule has 1 rings (SSSR count). The van der Waals surface area contributed by atoms with Gasteiger partial charge in [-0.15, -0.1) is 0 Å². The first-order valence-corrected chi connectivity index (χ1v) is 5.79. The van der Waals surface area contributed by atoms with Crippen LogP contribution in [0.15, 0.2) is 24.3 Å². The molecule has 0 bridgehead atoms. The van der Waals surface area contributed by atoms with Gasteiger partial charge < -0.3 is 4.74 Å². The van der Waals surface area contributed by atoms with E-state index in [-0.39, 0.29) is 18.5 Å². The lowest BCUT2D eigenvalue weighted by Crippen LogP contribution is -2.20. The number of Topliss-reactive ketones (excluding diaryl/α,β-unsaturated/α-hetero) is 1. The summed E-state index contributed by atoms with van der Waals surface area (Å²) in [5, 5.41) is 0.572. The Balaban J connectivity index is 2.53. The minimum atomic E-state index is -0.0324. The smallest absolute Gasteiger partial charge is 0.188 e. The molecule has 0 fully saturated rings. The quantitative estimate of drug-likeness (QED) is 0.736. The molecule has 0 saturated heterocycles. The Hall–Kier alpha value is -0.860. The Morgan fingerprint density at radius 3 is 2.62 bits per heavy atom. The highest BCUT2D eigenvalue weighted by Crippen LogP contribution is 2.12. The van der Waals surface area contributed by atoms with Crippen LogP contribution in [0.4, 0.5) is 0 Å². The van der Waals surface area contributed by atoms with E-state index in [1.54, 1.807) is 24.3 Å². The molecule has 0 radical (unpaired) electrons. The SMILES string of the molecule is CC(C)C(C)OCC(=O)c1cccc(Cl)c1. The second kappa shape index (κ2) is 6.02. The number of halogens is 1. The summed E-state index contributed by atoms with van der Waals surface area (Å²) in [6, 6.07) is 6.92. The number of benzene rings is 1. The van der Waals surface area contributed by atoms with Gasteiger partial charge in [0, 0.05) is 10.6 Å². The minimum Gasteiger partial charge on any atom is -0.370 e. The third-order valence-electron chi connectivity index (χ3n) is 2.56. The van der Waals surface area contributed by atoms with Crippen molar-refractivity contribution in [2.24, 2.45) is 5.92 Å². The molecule has 1 aromatic carbocycles. The van der Waals surface area contributed by atoms with E-state index >= 15 is 0 Å². The van der Waals surface area contributed by atoms with Gasteiger partial charge in [0.2, 0.25) is 0 Å². The van der Waals surface area contributed by atoms with Crippen molar-refractivity contribution >= 4 is 17.4 Å². The maximum Gasteiger partial charge on any atom is 0.188 e. The highest BCUT2D eigenvalue weighted by molar-refractivity contribution is 6.31. The van der Waals surface area contributed by atoms with Gasteiger partial charge in [0.15, 0.2) is 5.78 Å². The molecule has 0 amide bonds. The molecular formula is C13H17ClO2. The van der Waals surface area contributed by atoms with Crippen molar-refractivity contribution < 1.29 is 9.53 Å². The van der Waals surface area contributed by atoms with E-state index in [1.807, 2.05) is 6.92 Å². The number of ether oxygens (including phenoxy) is 1. The molecule has 0 saturated carbocycles. The lowest BCUT2D eigenvalue weighted by Gasteiger charge is -2.15. The number of carbonyl (C=O) groups is 1. The zero-order chi connectivity index (χ0) is 12.1. The summed E-state index contributed by atoms with van der Waals surface area (Å²) in [6.07, 6.45) is 0.0862. The van der Waals surface area contributed by atoms with Crippen LogP contribution in [0, 0.1) is 5.92 Å². The number of ketones is 1. The van der Waals surface area contributed by atoms with Crippen LogP contribution in [0.2, 0.25) is 5.02 Å².